The molecule has 0 aliphatic carbocycles. The summed E-state index contributed by atoms with van der Waals surface area (Å²) in [5.41, 5.74) is 7.54. The van der Waals surface area contributed by atoms with Crippen LogP contribution in [-0.4, -0.2) is 30.9 Å². The SMILES string of the molecule is CC[C@H](C)[C@H](N)C(=O)NCCNC(=O)c1ccc(C)cc1. The largest absolute Gasteiger partial charge is 0.353 e. The number of benzene rings is 1. The molecular formula is C16H25N3O2. The Balaban J connectivity index is 2.29. The maximum atomic E-state index is 11.8. The molecular weight excluding hydrogens is 266 g/mol. The van der Waals surface area contributed by atoms with E-state index in [0.717, 1.165) is 12.0 Å². The third kappa shape index (κ3) is 5.55. The zero-order valence-electron chi connectivity index (χ0n) is 13.0. The number of nitrogens with two attached hydrogens (primary N) is 1. The van der Waals surface area contributed by atoms with Crippen LogP contribution in [0, 0.1) is 12.8 Å². The highest BCUT2D eigenvalue weighted by molar-refractivity contribution is 5.94. The molecule has 0 aliphatic heterocycles. The van der Waals surface area contributed by atoms with Crippen LogP contribution in [0.25, 0.3) is 0 Å². The van der Waals surface area contributed by atoms with Crippen LogP contribution in [0.15, 0.2) is 24.3 Å². The van der Waals surface area contributed by atoms with E-state index in [-0.39, 0.29) is 17.7 Å². The van der Waals surface area contributed by atoms with Crippen LogP contribution in [-0.2, 0) is 4.79 Å². The molecule has 0 aliphatic rings. The molecule has 2 amide bonds. The van der Waals surface area contributed by atoms with Crippen LogP contribution in [0.5, 0.6) is 0 Å². The van der Waals surface area contributed by atoms with Crippen molar-refractivity contribution in [2.45, 2.75) is 33.2 Å². The predicted molar refractivity (Wildman–Crippen MR) is 84.0 cm³/mol. The molecule has 0 saturated heterocycles. The fourth-order valence-electron chi connectivity index (χ4n) is 1.80. The number of rotatable bonds is 7. The van der Waals surface area contributed by atoms with Gasteiger partial charge in [0.1, 0.15) is 0 Å². The first-order valence-corrected chi connectivity index (χ1v) is 7.33. The van der Waals surface area contributed by atoms with Gasteiger partial charge in [-0.25, -0.2) is 0 Å². The summed E-state index contributed by atoms with van der Waals surface area (Å²) < 4.78 is 0. The lowest BCUT2D eigenvalue weighted by Crippen LogP contribution is -2.46. The van der Waals surface area contributed by atoms with Crippen molar-refractivity contribution in [1.29, 1.82) is 0 Å². The Bertz CT molecular complexity index is 471. The molecule has 1 aromatic carbocycles. The lowest BCUT2D eigenvalue weighted by atomic mass is 9.99. The third-order valence-corrected chi connectivity index (χ3v) is 3.58. The van der Waals surface area contributed by atoms with Gasteiger partial charge in [-0.05, 0) is 25.0 Å². The van der Waals surface area contributed by atoms with Crippen LogP contribution >= 0.6 is 0 Å². The van der Waals surface area contributed by atoms with E-state index < -0.39 is 6.04 Å². The number of aryl methyl sites for hydroxylation is 1. The molecule has 0 radical (unpaired) electrons. The van der Waals surface area contributed by atoms with E-state index in [1.165, 1.54) is 0 Å². The Hall–Kier alpha value is -1.88. The van der Waals surface area contributed by atoms with E-state index in [4.69, 9.17) is 5.73 Å². The average molecular weight is 291 g/mol. The molecule has 5 nitrogen and oxygen atoms in total. The Kier molecular flexibility index (Phi) is 6.88. The van der Waals surface area contributed by atoms with E-state index >= 15 is 0 Å². The zero-order chi connectivity index (χ0) is 15.8. The molecule has 116 valence electrons. The van der Waals surface area contributed by atoms with Crippen LogP contribution < -0.4 is 16.4 Å². The van der Waals surface area contributed by atoms with E-state index in [1.807, 2.05) is 32.9 Å². The fourth-order valence-corrected chi connectivity index (χ4v) is 1.80. The first kappa shape index (κ1) is 17.2. The number of nitrogens with one attached hydrogen (secondary N) is 2. The number of hydrogen-bond acceptors (Lipinski definition) is 3. The van der Waals surface area contributed by atoms with Crippen molar-refractivity contribution in [3.63, 3.8) is 0 Å². The smallest absolute Gasteiger partial charge is 0.251 e. The number of amides is 2. The molecule has 0 unspecified atom stereocenters. The minimum atomic E-state index is -0.497. The van der Waals surface area contributed by atoms with Gasteiger partial charge >= 0.3 is 0 Å². The molecule has 2 atom stereocenters. The van der Waals surface area contributed by atoms with E-state index in [2.05, 4.69) is 10.6 Å². The molecule has 21 heavy (non-hydrogen) atoms. The van der Waals surface area contributed by atoms with Crippen LogP contribution in [0.3, 0.4) is 0 Å². The van der Waals surface area contributed by atoms with Crippen molar-refractivity contribution < 1.29 is 9.59 Å². The Morgan fingerprint density at radius 3 is 2.29 bits per heavy atom. The van der Waals surface area contributed by atoms with Gasteiger partial charge in [0.05, 0.1) is 6.04 Å². The lowest BCUT2D eigenvalue weighted by Gasteiger charge is -2.17. The molecule has 1 rings (SSSR count). The highest BCUT2D eigenvalue weighted by Gasteiger charge is 2.18. The second kappa shape index (κ2) is 8.42. The highest BCUT2D eigenvalue weighted by atomic mass is 16.2. The van der Waals surface area contributed by atoms with Gasteiger partial charge in [0.15, 0.2) is 0 Å². The van der Waals surface area contributed by atoms with Crippen molar-refractivity contribution in [2.24, 2.45) is 11.7 Å². The van der Waals surface area contributed by atoms with Crippen molar-refractivity contribution >= 4 is 11.8 Å². The molecule has 0 fully saturated rings. The highest BCUT2D eigenvalue weighted by Crippen LogP contribution is 2.05. The molecule has 0 bridgehead atoms. The summed E-state index contributed by atoms with van der Waals surface area (Å²) in [5, 5.41) is 5.50. The van der Waals surface area contributed by atoms with E-state index in [1.54, 1.807) is 12.1 Å². The summed E-state index contributed by atoms with van der Waals surface area (Å²) in [7, 11) is 0. The minimum absolute atomic E-state index is 0.143. The summed E-state index contributed by atoms with van der Waals surface area (Å²) in [6.07, 6.45) is 0.860. The average Bonchev–Trinajstić information content (AvgIpc) is 2.50. The van der Waals surface area contributed by atoms with Gasteiger partial charge in [-0.15, -0.1) is 0 Å². The fraction of sp³-hybridized carbons (Fsp3) is 0.500. The molecule has 0 heterocycles. The summed E-state index contributed by atoms with van der Waals surface area (Å²) in [4.78, 5) is 23.6. The number of carbonyl (C=O) groups is 2. The summed E-state index contributed by atoms with van der Waals surface area (Å²) in [6, 6.07) is 6.84. The Morgan fingerprint density at radius 1 is 1.14 bits per heavy atom. The maximum Gasteiger partial charge on any atom is 0.251 e. The molecule has 4 N–H and O–H groups in total. The third-order valence-electron chi connectivity index (χ3n) is 3.58. The van der Waals surface area contributed by atoms with Gasteiger partial charge in [-0.2, -0.15) is 0 Å². The van der Waals surface area contributed by atoms with Crippen LogP contribution in [0.1, 0.15) is 36.2 Å². The molecule has 1 aromatic rings. The lowest BCUT2D eigenvalue weighted by molar-refractivity contribution is -0.123. The zero-order valence-corrected chi connectivity index (χ0v) is 13.0. The van der Waals surface area contributed by atoms with Gasteiger partial charge in [0.2, 0.25) is 5.91 Å². The summed E-state index contributed by atoms with van der Waals surface area (Å²) >= 11 is 0. The van der Waals surface area contributed by atoms with Gasteiger partial charge in [-0.1, -0.05) is 38.0 Å². The topological polar surface area (TPSA) is 84.2 Å². The summed E-state index contributed by atoms with van der Waals surface area (Å²) in [6.45, 7) is 6.67. The first-order chi connectivity index (χ1) is 9.95. The normalized spacial score (nSPS) is 13.3. The number of carbonyl (C=O) groups excluding carboxylic acids is 2. The first-order valence-electron chi connectivity index (χ1n) is 7.33. The van der Waals surface area contributed by atoms with Crippen molar-refractivity contribution in [1.82, 2.24) is 10.6 Å². The molecule has 0 aromatic heterocycles. The van der Waals surface area contributed by atoms with Gasteiger partial charge in [-0.3, -0.25) is 9.59 Å². The van der Waals surface area contributed by atoms with Crippen molar-refractivity contribution in [2.75, 3.05) is 13.1 Å². The molecule has 0 spiro atoms. The van der Waals surface area contributed by atoms with Gasteiger partial charge < -0.3 is 16.4 Å². The quantitative estimate of drug-likeness (QED) is 0.660. The van der Waals surface area contributed by atoms with E-state index in [9.17, 15) is 9.59 Å². The number of hydrogen-bond donors (Lipinski definition) is 3. The van der Waals surface area contributed by atoms with Gasteiger partial charge in [0, 0.05) is 18.7 Å². The Morgan fingerprint density at radius 2 is 1.71 bits per heavy atom. The van der Waals surface area contributed by atoms with Crippen LogP contribution in [0.4, 0.5) is 0 Å². The summed E-state index contributed by atoms with van der Waals surface area (Å²) in [5.74, 6) is -0.170. The monoisotopic (exact) mass is 291 g/mol. The molecule has 5 heteroatoms. The van der Waals surface area contributed by atoms with Crippen molar-refractivity contribution in [3.05, 3.63) is 35.4 Å². The van der Waals surface area contributed by atoms with Crippen molar-refractivity contribution in [3.8, 4) is 0 Å². The standard InChI is InChI=1S/C16H25N3O2/c1-4-12(3)14(17)16(21)19-10-9-18-15(20)13-7-5-11(2)6-8-13/h5-8,12,14H,4,9-10,17H2,1-3H3,(H,18,20)(H,19,21)/t12-,14-/m0/s1. The Labute approximate surface area is 126 Å². The maximum absolute atomic E-state index is 11.8. The molecule has 0 saturated carbocycles. The predicted octanol–water partition coefficient (Wildman–Crippen LogP) is 1.21. The van der Waals surface area contributed by atoms with E-state index in [0.29, 0.717) is 18.7 Å². The van der Waals surface area contributed by atoms with Gasteiger partial charge in [0.25, 0.3) is 5.91 Å². The minimum Gasteiger partial charge on any atom is -0.353 e. The second-order valence-corrected chi connectivity index (χ2v) is 5.32. The van der Waals surface area contributed by atoms with Crippen LogP contribution in [0.2, 0.25) is 0 Å². The second-order valence-electron chi connectivity index (χ2n) is 5.32.